The van der Waals surface area contributed by atoms with Crippen molar-refractivity contribution in [3.05, 3.63) is 35.5 Å². The van der Waals surface area contributed by atoms with Crippen molar-refractivity contribution in [1.29, 1.82) is 0 Å². The van der Waals surface area contributed by atoms with Crippen molar-refractivity contribution in [3.63, 3.8) is 0 Å². The second-order valence-corrected chi connectivity index (χ2v) is 9.80. The molecular formula is C25H40O5. The summed E-state index contributed by atoms with van der Waals surface area (Å²) in [5.41, 5.74) is 4.19. The van der Waals surface area contributed by atoms with Gasteiger partial charge in [0, 0.05) is 0 Å². The number of fused-ring (bicyclic) bond motifs is 1. The van der Waals surface area contributed by atoms with Crippen molar-refractivity contribution < 1.29 is 24.8 Å². The topological polar surface area (TPSA) is 79.2 Å². The molecule has 0 aromatic carbocycles. The number of hydrogen-bond donors (Lipinski definition) is 3. The van der Waals surface area contributed by atoms with E-state index in [1.54, 1.807) is 0 Å². The van der Waals surface area contributed by atoms with E-state index in [1.807, 2.05) is 0 Å². The molecule has 0 aromatic heterocycles. The van der Waals surface area contributed by atoms with E-state index >= 15 is 0 Å². The molecule has 0 unspecified atom stereocenters. The normalized spacial score (nSPS) is 37.9. The first kappa shape index (κ1) is 23.7. The van der Waals surface area contributed by atoms with Crippen LogP contribution in [0.15, 0.2) is 35.5 Å². The lowest BCUT2D eigenvalue weighted by Gasteiger charge is -2.45. The highest BCUT2D eigenvalue weighted by Gasteiger charge is 2.41. The average molecular weight is 421 g/mol. The fourth-order valence-electron chi connectivity index (χ4n) is 5.43. The van der Waals surface area contributed by atoms with Gasteiger partial charge in [-0.05, 0) is 83.0 Å². The Morgan fingerprint density at radius 3 is 2.73 bits per heavy atom. The van der Waals surface area contributed by atoms with Crippen LogP contribution in [0.3, 0.4) is 0 Å². The molecule has 1 aliphatic heterocycles. The van der Waals surface area contributed by atoms with Crippen LogP contribution in [0, 0.1) is 23.7 Å². The number of allylic oxidation sites excluding steroid dienone is 5. The maximum absolute atomic E-state index is 10.2. The number of aliphatic hydroxyl groups is 3. The van der Waals surface area contributed by atoms with Crippen LogP contribution in [0.4, 0.5) is 0 Å². The predicted molar refractivity (Wildman–Crippen MR) is 118 cm³/mol. The van der Waals surface area contributed by atoms with Gasteiger partial charge in [0.1, 0.15) is 18.3 Å². The summed E-state index contributed by atoms with van der Waals surface area (Å²) in [6.07, 6.45) is 6.88. The molecule has 2 aliphatic carbocycles. The zero-order valence-electron chi connectivity index (χ0n) is 18.8. The summed E-state index contributed by atoms with van der Waals surface area (Å²) in [5.74, 6) is 1.91. The fraction of sp³-hybridized carbons (Fsp3) is 0.760. The van der Waals surface area contributed by atoms with Crippen LogP contribution in [-0.4, -0.2) is 53.1 Å². The van der Waals surface area contributed by atoms with Gasteiger partial charge >= 0.3 is 0 Å². The van der Waals surface area contributed by atoms with Crippen LogP contribution in [0.25, 0.3) is 0 Å². The summed E-state index contributed by atoms with van der Waals surface area (Å²) in [7, 11) is 0. The lowest BCUT2D eigenvalue weighted by molar-refractivity contribution is -0.274. The summed E-state index contributed by atoms with van der Waals surface area (Å²) in [5, 5.41) is 29.9. The summed E-state index contributed by atoms with van der Waals surface area (Å²) in [6.45, 7) is 11.3. The average Bonchev–Trinajstić information content (AvgIpc) is 2.70. The zero-order valence-corrected chi connectivity index (χ0v) is 18.8. The predicted octanol–water partition coefficient (Wildman–Crippen LogP) is 3.74. The van der Waals surface area contributed by atoms with Crippen molar-refractivity contribution in [2.45, 2.75) is 83.9 Å². The molecule has 5 nitrogen and oxygen atoms in total. The Bertz CT molecular complexity index is 650. The highest BCUT2D eigenvalue weighted by atomic mass is 16.7. The molecule has 0 bridgehead atoms. The first-order chi connectivity index (χ1) is 14.3. The van der Waals surface area contributed by atoms with Gasteiger partial charge < -0.3 is 24.8 Å². The Labute approximate surface area is 181 Å². The van der Waals surface area contributed by atoms with Crippen molar-refractivity contribution in [2.24, 2.45) is 23.7 Å². The molecule has 1 saturated carbocycles. The van der Waals surface area contributed by atoms with Crippen molar-refractivity contribution >= 4 is 0 Å². The van der Waals surface area contributed by atoms with Crippen LogP contribution in [-0.2, 0) is 9.47 Å². The number of aliphatic hydroxyl groups excluding tert-OH is 3. The smallest absolute Gasteiger partial charge is 0.186 e. The minimum atomic E-state index is -1.24. The van der Waals surface area contributed by atoms with Crippen molar-refractivity contribution in [1.82, 2.24) is 0 Å². The molecule has 1 saturated heterocycles. The molecule has 2 fully saturated rings. The Balaban J connectivity index is 1.72. The summed E-state index contributed by atoms with van der Waals surface area (Å²) >= 11 is 0. The molecule has 0 aromatic rings. The third-order valence-electron chi connectivity index (χ3n) is 7.23. The highest BCUT2D eigenvalue weighted by molar-refractivity contribution is 5.19. The lowest BCUT2D eigenvalue weighted by atomic mass is 9.61. The van der Waals surface area contributed by atoms with Gasteiger partial charge in [0.25, 0.3) is 0 Å². The molecule has 0 radical (unpaired) electrons. The maximum Gasteiger partial charge on any atom is 0.186 e. The molecule has 170 valence electrons. The molecule has 0 amide bonds. The maximum atomic E-state index is 10.2. The summed E-state index contributed by atoms with van der Waals surface area (Å²) < 4.78 is 11.5. The third kappa shape index (κ3) is 5.63. The number of rotatable bonds is 7. The van der Waals surface area contributed by atoms with E-state index in [4.69, 9.17) is 9.47 Å². The van der Waals surface area contributed by atoms with E-state index in [0.29, 0.717) is 30.3 Å². The SMILES string of the molecule is C=C1CC[C@@H]([C@H](CCC=C(C)C)CO[C@H]2OC[C@H](O)[C@@H](O)[C@@H]2O)[C@@H]2C=C(C)CC[C@H]12. The zero-order chi connectivity index (χ0) is 21.8. The van der Waals surface area contributed by atoms with Crippen molar-refractivity contribution in [3.8, 4) is 0 Å². The Hall–Kier alpha value is -0.980. The van der Waals surface area contributed by atoms with E-state index in [1.165, 1.54) is 23.1 Å². The second kappa shape index (κ2) is 10.6. The quantitative estimate of drug-likeness (QED) is 0.547. The lowest BCUT2D eigenvalue weighted by Crippen LogP contribution is -2.54. The van der Waals surface area contributed by atoms with Gasteiger partial charge in [0.05, 0.1) is 13.2 Å². The van der Waals surface area contributed by atoms with E-state index in [-0.39, 0.29) is 6.61 Å². The van der Waals surface area contributed by atoms with E-state index in [0.717, 1.165) is 32.1 Å². The minimum absolute atomic E-state index is 0.0266. The van der Waals surface area contributed by atoms with Crippen LogP contribution < -0.4 is 0 Å². The van der Waals surface area contributed by atoms with Gasteiger partial charge in [0.2, 0.25) is 0 Å². The molecular weight excluding hydrogens is 380 g/mol. The van der Waals surface area contributed by atoms with Gasteiger partial charge in [-0.1, -0.05) is 35.5 Å². The molecule has 3 aliphatic rings. The standard InChI is InChI=1S/C25H40O5/c1-15(2)6-5-7-18(13-29-25-24(28)23(27)22(26)14-30-25)20-11-9-17(4)19-10-8-16(3)12-21(19)20/h6,12,18-28H,4-5,7-11,13-14H2,1-3H3/t18-,19-,20+,21-,22+,23-,24+,25+/m1/s1. The van der Waals surface area contributed by atoms with Crippen LogP contribution >= 0.6 is 0 Å². The molecule has 0 spiro atoms. The molecule has 30 heavy (non-hydrogen) atoms. The highest BCUT2D eigenvalue weighted by Crippen LogP contribution is 2.48. The van der Waals surface area contributed by atoms with E-state index in [2.05, 4.69) is 39.5 Å². The van der Waals surface area contributed by atoms with Gasteiger partial charge in [-0.25, -0.2) is 0 Å². The van der Waals surface area contributed by atoms with Crippen LogP contribution in [0.2, 0.25) is 0 Å². The Kier molecular flexibility index (Phi) is 8.33. The van der Waals surface area contributed by atoms with Gasteiger partial charge in [-0.2, -0.15) is 0 Å². The number of ether oxygens (including phenoxy) is 2. The molecule has 3 N–H and O–H groups in total. The summed E-state index contributed by atoms with van der Waals surface area (Å²) in [6, 6.07) is 0. The first-order valence-electron chi connectivity index (χ1n) is 11.5. The molecule has 5 heteroatoms. The van der Waals surface area contributed by atoms with Crippen molar-refractivity contribution in [2.75, 3.05) is 13.2 Å². The van der Waals surface area contributed by atoms with Gasteiger partial charge in [-0.3, -0.25) is 0 Å². The van der Waals surface area contributed by atoms with E-state index in [9.17, 15) is 15.3 Å². The first-order valence-corrected chi connectivity index (χ1v) is 11.5. The second-order valence-electron chi connectivity index (χ2n) is 9.80. The van der Waals surface area contributed by atoms with E-state index < -0.39 is 24.6 Å². The fourth-order valence-corrected chi connectivity index (χ4v) is 5.43. The monoisotopic (exact) mass is 420 g/mol. The van der Waals surface area contributed by atoms with Crippen LogP contribution in [0.5, 0.6) is 0 Å². The van der Waals surface area contributed by atoms with Gasteiger partial charge in [-0.15, -0.1) is 0 Å². The Morgan fingerprint density at radius 1 is 1.23 bits per heavy atom. The summed E-state index contributed by atoms with van der Waals surface area (Å²) in [4.78, 5) is 0. The molecule has 1 heterocycles. The molecule has 3 rings (SSSR count). The van der Waals surface area contributed by atoms with Gasteiger partial charge in [0.15, 0.2) is 6.29 Å². The Morgan fingerprint density at radius 2 is 2.00 bits per heavy atom. The largest absolute Gasteiger partial charge is 0.388 e. The van der Waals surface area contributed by atoms with Crippen LogP contribution in [0.1, 0.15) is 59.3 Å². The number of hydrogen-bond acceptors (Lipinski definition) is 5. The molecule has 8 atom stereocenters. The third-order valence-corrected chi connectivity index (χ3v) is 7.23. The minimum Gasteiger partial charge on any atom is -0.388 e.